The molecule has 0 bridgehead atoms. The van der Waals surface area contributed by atoms with Crippen LogP contribution < -0.4 is 10.6 Å². The molecule has 21 heavy (non-hydrogen) atoms. The zero-order valence-corrected chi connectivity index (χ0v) is 12.4. The number of anilines is 1. The van der Waals surface area contributed by atoms with Crippen LogP contribution in [0.2, 0.25) is 0 Å². The van der Waals surface area contributed by atoms with Gasteiger partial charge >= 0.3 is 12.0 Å². The lowest BCUT2D eigenvalue weighted by Crippen LogP contribution is -2.39. The zero-order valence-electron chi connectivity index (χ0n) is 12.4. The third-order valence-electron chi connectivity index (χ3n) is 3.61. The maximum atomic E-state index is 12.0. The number of hydrogen-bond donors (Lipinski definition) is 2. The van der Waals surface area contributed by atoms with Crippen molar-refractivity contribution in [3.8, 4) is 0 Å². The van der Waals surface area contributed by atoms with Crippen molar-refractivity contribution in [2.45, 2.75) is 45.1 Å². The van der Waals surface area contributed by atoms with E-state index in [1.165, 1.54) is 6.42 Å². The third kappa shape index (κ3) is 4.48. The number of amides is 2. The van der Waals surface area contributed by atoms with Gasteiger partial charge in [-0.1, -0.05) is 31.4 Å². The molecule has 0 unspecified atom stereocenters. The van der Waals surface area contributed by atoms with E-state index in [-0.39, 0.29) is 12.1 Å². The molecule has 2 N–H and O–H groups in total. The number of hydrogen-bond acceptors (Lipinski definition) is 3. The van der Waals surface area contributed by atoms with Crippen LogP contribution in [0.3, 0.4) is 0 Å². The minimum Gasteiger partial charge on any atom is -0.462 e. The lowest BCUT2D eigenvalue weighted by Gasteiger charge is -2.23. The molecule has 0 aromatic heterocycles. The second-order valence-corrected chi connectivity index (χ2v) is 5.20. The van der Waals surface area contributed by atoms with Crippen LogP contribution in [0.25, 0.3) is 0 Å². The molecule has 2 rings (SSSR count). The number of rotatable bonds is 4. The first-order chi connectivity index (χ1) is 10.2. The molecule has 1 aromatic rings. The molecule has 1 aliphatic rings. The van der Waals surface area contributed by atoms with Crippen molar-refractivity contribution >= 4 is 17.7 Å². The summed E-state index contributed by atoms with van der Waals surface area (Å²) in [6, 6.07) is 6.84. The Morgan fingerprint density at radius 1 is 1.19 bits per heavy atom. The van der Waals surface area contributed by atoms with Crippen molar-refractivity contribution in [1.29, 1.82) is 0 Å². The van der Waals surface area contributed by atoms with E-state index >= 15 is 0 Å². The Balaban J connectivity index is 1.98. The van der Waals surface area contributed by atoms with Crippen LogP contribution >= 0.6 is 0 Å². The van der Waals surface area contributed by atoms with Crippen molar-refractivity contribution in [2.24, 2.45) is 0 Å². The van der Waals surface area contributed by atoms with E-state index in [0.717, 1.165) is 25.7 Å². The standard InChI is InChI=1S/C16H22N2O3/c1-2-21-15(19)13-10-6-7-11-14(13)18-16(20)17-12-8-4-3-5-9-12/h6-7,10-12H,2-5,8-9H2,1H3,(H2,17,18,20). The minimum atomic E-state index is -0.425. The SMILES string of the molecule is CCOC(=O)c1ccccc1NC(=O)NC1CCCCC1. The first kappa shape index (κ1) is 15.4. The molecule has 0 spiro atoms. The Morgan fingerprint density at radius 2 is 1.90 bits per heavy atom. The molecule has 0 atom stereocenters. The summed E-state index contributed by atoms with van der Waals surface area (Å²) in [7, 11) is 0. The van der Waals surface area contributed by atoms with Crippen LogP contribution in [-0.2, 0) is 4.74 Å². The van der Waals surface area contributed by atoms with Crippen LogP contribution in [-0.4, -0.2) is 24.6 Å². The minimum absolute atomic E-state index is 0.230. The normalized spacial score (nSPS) is 15.3. The van der Waals surface area contributed by atoms with Gasteiger partial charge in [0.2, 0.25) is 0 Å². The Hall–Kier alpha value is -2.04. The summed E-state index contributed by atoms with van der Waals surface area (Å²) < 4.78 is 4.99. The second-order valence-electron chi connectivity index (χ2n) is 5.20. The van der Waals surface area contributed by atoms with Gasteiger partial charge in [0, 0.05) is 6.04 Å². The largest absolute Gasteiger partial charge is 0.462 e. The highest BCUT2D eigenvalue weighted by molar-refractivity contribution is 6.00. The molecule has 114 valence electrons. The van der Waals surface area contributed by atoms with Gasteiger partial charge < -0.3 is 15.4 Å². The fraction of sp³-hybridized carbons (Fsp3) is 0.500. The molecule has 5 nitrogen and oxygen atoms in total. The number of nitrogens with one attached hydrogen (secondary N) is 2. The van der Waals surface area contributed by atoms with Crippen LogP contribution in [0.15, 0.2) is 24.3 Å². The van der Waals surface area contributed by atoms with Crippen molar-refractivity contribution in [3.63, 3.8) is 0 Å². The Morgan fingerprint density at radius 3 is 2.62 bits per heavy atom. The smallest absolute Gasteiger partial charge is 0.340 e. The summed E-state index contributed by atoms with van der Waals surface area (Å²) in [6.45, 7) is 2.06. The number of carbonyl (C=O) groups excluding carboxylic acids is 2. The lowest BCUT2D eigenvalue weighted by atomic mass is 9.96. The average Bonchev–Trinajstić information content (AvgIpc) is 2.49. The van der Waals surface area contributed by atoms with Gasteiger partial charge in [0.15, 0.2) is 0 Å². The molecule has 1 fully saturated rings. The molecule has 0 radical (unpaired) electrons. The van der Waals surface area contributed by atoms with Crippen molar-refractivity contribution in [2.75, 3.05) is 11.9 Å². The molecule has 0 heterocycles. The van der Waals surface area contributed by atoms with E-state index in [2.05, 4.69) is 10.6 Å². The van der Waals surface area contributed by atoms with E-state index in [1.54, 1.807) is 31.2 Å². The summed E-state index contributed by atoms with van der Waals surface area (Å²) in [5, 5.41) is 5.71. The van der Waals surface area contributed by atoms with Crippen LogP contribution in [0.5, 0.6) is 0 Å². The van der Waals surface area contributed by atoms with Crippen molar-refractivity contribution < 1.29 is 14.3 Å². The van der Waals surface area contributed by atoms with Crippen LogP contribution in [0, 0.1) is 0 Å². The number of ether oxygens (including phenoxy) is 1. The number of benzene rings is 1. The highest BCUT2D eigenvalue weighted by Crippen LogP contribution is 2.19. The maximum absolute atomic E-state index is 12.0. The molecule has 1 aromatic carbocycles. The highest BCUT2D eigenvalue weighted by Gasteiger charge is 2.17. The van der Waals surface area contributed by atoms with E-state index in [4.69, 9.17) is 4.74 Å². The Kier molecular flexibility index (Phi) is 5.60. The molecule has 2 amide bonds. The van der Waals surface area contributed by atoms with Gasteiger partial charge in [-0.3, -0.25) is 0 Å². The summed E-state index contributed by atoms with van der Waals surface area (Å²) in [4.78, 5) is 23.9. The predicted octanol–water partition coefficient (Wildman–Crippen LogP) is 3.32. The van der Waals surface area contributed by atoms with Gasteiger partial charge in [0.1, 0.15) is 0 Å². The van der Waals surface area contributed by atoms with Crippen molar-refractivity contribution in [1.82, 2.24) is 5.32 Å². The molecule has 1 aliphatic carbocycles. The van der Waals surface area contributed by atoms with Gasteiger partial charge in [0.25, 0.3) is 0 Å². The number of esters is 1. The highest BCUT2D eigenvalue weighted by atomic mass is 16.5. The van der Waals surface area contributed by atoms with Gasteiger partial charge in [-0.15, -0.1) is 0 Å². The third-order valence-corrected chi connectivity index (χ3v) is 3.61. The monoisotopic (exact) mass is 290 g/mol. The molecule has 0 saturated heterocycles. The van der Waals surface area contributed by atoms with Gasteiger partial charge in [0.05, 0.1) is 17.9 Å². The van der Waals surface area contributed by atoms with Gasteiger partial charge in [-0.05, 0) is 31.9 Å². The first-order valence-electron chi connectivity index (χ1n) is 7.54. The number of urea groups is 1. The molecule has 1 saturated carbocycles. The van der Waals surface area contributed by atoms with Crippen LogP contribution in [0.1, 0.15) is 49.4 Å². The summed E-state index contributed by atoms with van der Waals surface area (Å²) in [5.74, 6) is -0.425. The topological polar surface area (TPSA) is 67.4 Å². The quantitative estimate of drug-likeness (QED) is 0.836. The number of carbonyl (C=O) groups is 2. The Labute approximate surface area is 125 Å². The van der Waals surface area contributed by atoms with E-state index in [0.29, 0.717) is 17.9 Å². The van der Waals surface area contributed by atoms with E-state index < -0.39 is 5.97 Å². The molecular weight excluding hydrogens is 268 g/mol. The summed E-state index contributed by atoms with van der Waals surface area (Å²) >= 11 is 0. The zero-order chi connectivity index (χ0) is 15.1. The second kappa shape index (κ2) is 7.67. The predicted molar refractivity (Wildman–Crippen MR) is 81.4 cm³/mol. The molecule has 5 heteroatoms. The summed E-state index contributed by atoms with van der Waals surface area (Å²) in [5.41, 5.74) is 0.849. The fourth-order valence-electron chi connectivity index (χ4n) is 2.57. The first-order valence-corrected chi connectivity index (χ1v) is 7.54. The van der Waals surface area contributed by atoms with Gasteiger partial charge in [-0.2, -0.15) is 0 Å². The van der Waals surface area contributed by atoms with Crippen molar-refractivity contribution in [3.05, 3.63) is 29.8 Å². The lowest BCUT2D eigenvalue weighted by molar-refractivity contribution is 0.0527. The maximum Gasteiger partial charge on any atom is 0.340 e. The van der Waals surface area contributed by atoms with Gasteiger partial charge in [-0.25, -0.2) is 9.59 Å². The van der Waals surface area contributed by atoms with Crippen LogP contribution in [0.4, 0.5) is 10.5 Å². The summed E-state index contributed by atoms with van der Waals surface area (Å²) in [6.07, 6.45) is 5.60. The molecular formula is C16H22N2O3. The number of para-hydroxylation sites is 1. The molecule has 0 aliphatic heterocycles. The van der Waals surface area contributed by atoms with E-state index in [9.17, 15) is 9.59 Å². The van der Waals surface area contributed by atoms with E-state index in [1.807, 2.05) is 0 Å². The fourth-order valence-corrected chi connectivity index (χ4v) is 2.57. The average molecular weight is 290 g/mol. The Bertz CT molecular complexity index is 496.